The zero-order chi connectivity index (χ0) is 7.07. The maximum atomic E-state index is 2.23. The summed E-state index contributed by atoms with van der Waals surface area (Å²) in [5.41, 5.74) is 0. The predicted molar refractivity (Wildman–Crippen MR) is 45.9 cm³/mol. The average Bonchev–Trinajstić information content (AvgIpc) is 2.01. The molecular formula is C10H14. The van der Waals surface area contributed by atoms with E-state index in [-0.39, 0.29) is 0 Å². The van der Waals surface area contributed by atoms with Crippen molar-refractivity contribution < 1.29 is 0 Å². The van der Waals surface area contributed by atoms with Crippen LogP contribution in [0.25, 0.3) is 0 Å². The van der Waals surface area contributed by atoms with Crippen molar-refractivity contribution in [3.8, 4) is 0 Å². The van der Waals surface area contributed by atoms with Crippen molar-refractivity contribution in [2.45, 2.75) is 25.7 Å². The van der Waals surface area contributed by atoms with E-state index >= 15 is 0 Å². The molecule has 1 aliphatic rings. The normalized spacial score (nSPS) is 25.6. The van der Waals surface area contributed by atoms with Gasteiger partial charge in [0.15, 0.2) is 0 Å². The summed E-state index contributed by atoms with van der Waals surface area (Å²) in [6, 6.07) is 0. The lowest BCUT2D eigenvalue weighted by Gasteiger charge is -1.92. The molecule has 0 bridgehead atoms. The molecule has 0 aromatic rings. The van der Waals surface area contributed by atoms with Crippen molar-refractivity contribution in [2.75, 3.05) is 0 Å². The van der Waals surface area contributed by atoms with E-state index < -0.39 is 0 Å². The van der Waals surface area contributed by atoms with Gasteiger partial charge in [0, 0.05) is 0 Å². The molecule has 0 aromatic carbocycles. The maximum absolute atomic E-state index is 2.23. The summed E-state index contributed by atoms with van der Waals surface area (Å²) >= 11 is 0. The summed E-state index contributed by atoms with van der Waals surface area (Å²) in [6.45, 7) is 0. The average molecular weight is 134 g/mol. The van der Waals surface area contributed by atoms with Crippen LogP contribution in [0.3, 0.4) is 0 Å². The molecule has 0 atom stereocenters. The smallest absolute Gasteiger partial charge is 0.0347 e. The summed E-state index contributed by atoms with van der Waals surface area (Å²) in [6.07, 6.45) is 18.0. The van der Waals surface area contributed by atoms with Crippen molar-refractivity contribution >= 4 is 0 Å². The number of rotatable bonds is 0. The van der Waals surface area contributed by atoms with E-state index in [4.69, 9.17) is 0 Å². The highest BCUT2D eigenvalue weighted by atomic mass is 13.9. The molecule has 0 N–H and O–H groups in total. The third-order valence-electron chi connectivity index (χ3n) is 1.60. The van der Waals surface area contributed by atoms with Gasteiger partial charge in [0.2, 0.25) is 0 Å². The van der Waals surface area contributed by atoms with Crippen LogP contribution in [0.1, 0.15) is 25.7 Å². The Kier molecular flexibility index (Phi) is 3.69. The molecule has 0 spiro atoms. The third kappa shape index (κ3) is 3.29. The fraction of sp³-hybridized carbons (Fsp3) is 0.400. The number of allylic oxidation sites excluding steroid dienone is 6. The summed E-state index contributed by atoms with van der Waals surface area (Å²) in [7, 11) is 0. The molecule has 0 saturated heterocycles. The zero-order valence-electron chi connectivity index (χ0n) is 6.29. The molecule has 10 heavy (non-hydrogen) atoms. The highest BCUT2D eigenvalue weighted by molar-refractivity contribution is 5.11. The van der Waals surface area contributed by atoms with Crippen molar-refractivity contribution in [1.29, 1.82) is 0 Å². The second-order valence-electron chi connectivity index (χ2n) is 2.53. The van der Waals surface area contributed by atoms with E-state index in [2.05, 4.69) is 36.5 Å². The van der Waals surface area contributed by atoms with Crippen molar-refractivity contribution in [1.82, 2.24) is 0 Å². The quantitative estimate of drug-likeness (QED) is 0.477. The molecule has 1 rings (SSSR count). The monoisotopic (exact) mass is 134 g/mol. The second kappa shape index (κ2) is 5.04. The van der Waals surface area contributed by atoms with Gasteiger partial charge in [-0.15, -0.1) is 0 Å². The maximum Gasteiger partial charge on any atom is -0.0347 e. The van der Waals surface area contributed by atoms with Crippen LogP contribution in [0.2, 0.25) is 0 Å². The summed E-state index contributed by atoms with van der Waals surface area (Å²) in [4.78, 5) is 0. The van der Waals surface area contributed by atoms with E-state index in [9.17, 15) is 0 Å². The predicted octanol–water partition coefficient (Wildman–Crippen LogP) is 3.23. The van der Waals surface area contributed by atoms with Gasteiger partial charge in [-0.2, -0.15) is 0 Å². The molecule has 0 saturated carbocycles. The molecule has 54 valence electrons. The number of hydrogen-bond acceptors (Lipinski definition) is 0. The molecule has 0 nitrogen and oxygen atoms in total. The van der Waals surface area contributed by atoms with Crippen molar-refractivity contribution in [2.24, 2.45) is 0 Å². The van der Waals surface area contributed by atoms with Gasteiger partial charge in [-0.25, -0.2) is 0 Å². The second-order valence-corrected chi connectivity index (χ2v) is 2.53. The van der Waals surface area contributed by atoms with Gasteiger partial charge in [0.25, 0.3) is 0 Å². The minimum absolute atomic E-state index is 1.23. The molecule has 0 heterocycles. The third-order valence-corrected chi connectivity index (χ3v) is 1.60. The lowest BCUT2D eigenvalue weighted by atomic mass is 10.1. The van der Waals surface area contributed by atoms with Crippen LogP contribution in [0, 0.1) is 0 Å². The van der Waals surface area contributed by atoms with E-state index in [0.717, 1.165) is 0 Å². The fourth-order valence-electron chi connectivity index (χ4n) is 1.00. The number of hydrogen-bond donors (Lipinski definition) is 0. The molecule has 0 unspecified atom stereocenters. The molecule has 0 aliphatic heterocycles. The van der Waals surface area contributed by atoms with Crippen molar-refractivity contribution in [3.63, 3.8) is 0 Å². The Morgan fingerprint density at radius 2 is 1.10 bits per heavy atom. The lowest BCUT2D eigenvalue weighted by molar-refractivity contribution is 0.762. The van der Waals surface area contributed by atoms with Crippen LogP contribution in [0.15, 0.2) is 36.5 Å². The Balaban J connectivity index is 2.40. The minimum atomic E-state index is 1.23. The van der Waals surface area contributed by atoms with Crippen LogP contribution in [-0.2, 0) is 0 Å². The Bertz CT molecular complexity index is 131. The molecule has 0 aromatic heterocycles. The molecule has 0 amide bonds. The van der Waals surface area contributed by atoms with Gasteiger partial charge in [0.1, 0.15) is 0 Å². The van der Waals surface area contributed by atoms with Gasteiger partial charge >= 0.3 is 0 Å². The Morgan fingerprint density at radius 3 is 1.60 bits per heavy atom. The van der Waals surface area contributed by atoms with Gasteiger partial charge in [-0.1, -0.05) is 36.5 Å². The highest BCUT2D eigenvalue weighted by Gasteiger charge is 1.83. The first kappa shape index (κ1) is 7.33. The highest BCUT2D eigenvalue weighted by Crippen LogP contribution is 2.03. The fourth-order valence-corrected chi connectivity index (χ4v) is 1.00. The largest absolute Gasteiger partial charge is 0.0845 e. The van der Waals surface area contributed by atoms with Gasteiger partial charge in [0.05, 0.1) is 0 Å². The first-order chi connectivity index (χ1) is 5.00. The van der Waals surface area contributed by atoms with Gasteiger partial charge in [-0.3, -0.25) is 0 Å². The molecule has 0 radical (unpaired) electrons. The molecule has 1 aliphatic carbocycles. The van der Waals surface area contributed by atoms with Gasteiger partial charge < -0.3 is 0 Å². The Labute approximate surface area is 62.9 Å². The first-order valence-electron chi connectivity index (χ1n) is 3.98. The van der Waals surface area contributed by atoms with E-state index in [1.165, 1.54) is 25.7 Å². The van der Waals surface area contributed by atoms with E-state index in [1.54, 1.807) is 0 Å². The van der Waals surface area contributed by atoms with Crippen LogP contribution >= 0.6 is 0 Å². The first-order valence-corrected chi connectivity index (χ1v) is 3.98. The molecule has 0 fully saturated rings. The van der Waals surface area contributed by atoms with Crippen LogP contribution in [0.4, 0.5) is 0 Å². The van der Waals surface area contributed by atoms with Gasteiger partial charge in [-0.05, 0) is 25.7 Å². The SMILES string of the molecule is C1=CCCCC/C=C\C=C\1. The topological polar surface area (TPSA) is 0 Å². The van der Waals surface area contributed by atoms with Crippen molar-refractivity contribution in [3.05, 3.63) is 36.5 Å². The zero-order valence-corrected chi connectivity index (χ0v) is 6.29. The minimum Gasteiger partial charge on any atom is -0.0845 e. The summed E-state index contributed by atoms with van der Waals surface area (Å²) in [5.74, 6) is 0. The summed E-state index contributed by atoms with van der Waals surface area (Å²) < 4.78 is 0. The van der Waals surface area contributed by atoms with Crippen LogP contribution in [-0.4, -0.2) is 0 Å². The van der Waals surface area contributed by atoms with E-state index in [1.807, 2.05) is 0 Å². The Morgan fingerprint density at radius 1 is 0.600 bits per heavy atom. The lowest BCUT2D eigenvalue weighted by Crippen LogP contribution is -1.72. The Hall–Kier alpha value is -0.780. The van der Waals surface area contributed by atoms with Crippen LogP contribution < -0.4 is 0 Å². The summed E-state index contributed by atoms with van der Waals surface area (Å²) in [5, 5.41) is 0. The molecular weight excluding hydrogens is 120 g/mol. The molecule has 0 heteroatoms. The van der Waals surface area contributed by atoms with E-state index in [0.29, 0.717) is 0 Å². The standard InChI is InChI=1S/C10H14/c1-2-4-6-8-10-9-7-5-3-1/h1-6H,7-10H2/b2-1+,5-3-,6-4?. The van der Waals surface area contributed by atoms with Crippen LogP contribution in [0.5, 0.6) is 0 Å².